The molecule has 186 valence electrons. The Morgan fingerprint density at radius 2 is 1.49 bits per heavy atom. The van der Waals surface area contributed by atoms with Crippen molar-refractivity contribution >= 4 is 11.6 Å². The van der Waals surface area contributed by atoms with E-state index in [9.17, 15) is 19.2 Å². The lowest BCUT2D eigenvalue weighted by molar-refractivity contribution is -0.168. The summed E-state index contributed by atoms with van der Waals surface area (Å²) in [5.74, 6) is -0.621. The molecule has 0 N–H and O–H groups in total. The van der Waals surface area contributed by atoms with E-state index in [-0.39, 0.29) is 23.4 Å². The maximum absolute atomic E-state index is 14.1. The molecule has 7 heteroatoms. The van der Waals surface area contributed by atoms with E-state index in [1.54, 1.807) is 37.3 Å². The highest BCUT2D eigenvalue weighted by Gasteiger charge is 2.75. The van der Waals surface area contributed by atoms with Crippen LogP contribution in [0, 0.1) is 11.3 Å². The molecule has 3 heterocycles. The van der Waals surface area contributed by atoms with Crippen molar-refractivity contribution in [2.75, 3.05) is 0 Å². The molecule has 2 bridgehead atoms. The Kier molecular flexibility index (Phi) is 4.24. The van der Waals surface area contributed by atoms with Crippen LogP contribution in [-0.2, 0) is 20.7 Å². The molecule has 37 heavy (non-hydrogen) atoms. The van der Waals surface area contributed by atoms with E-state index in [1.165, 1.54) is 21.0 Å². The van der Waals surface area contributed by atoms with Crippen molar-refractivity contribution in [3.8, 4) is 5.69 Å². The minimum Gasteiger partial charge on any atom is -0.294 e. The first-order valence-corrected chi connectivity index (χ1v) is 12.8. The summed E-state index contributed by atoms with van der Waals surface area (Å²) < 4.78 is 3.99. The van der Waals surface area contributed by atoms with Crippen molar-refractivity contribution in [2.45, 2.75) is 50.1 Å². The van der Waals surface area contributed by atoms with E-state index in [1.807, 2.05) is 37.3 Å². The zero-order valence-corrected chi connectivity index (χ0v) is 20.8. The van der Waals surface area contributed by atoms with Crippen LogP contribution in [0.5, 0.6) is 0 Å². The fourth-order valence-electron chi connectivity index (χ4n) is 7.94. The monoisotopic (exact) mass is 493 g/mol. The van der Waals surface area contributed by atoms with E-state index in [2.05, 4.69) is 12.1 Å². The molecule has 0 radical (unpaired) electrons. The number of nitrogens with zero attached hydrogens (tertiary/aromatic N) is 3. The second-order valence-electron chi connectivity index (χ2n) is 11.1. The van der Waals surface area contributed by atoms with E-state index in [0.29, 0.717) is 24.1 Å². The molecule has 5 atom stereocenters. The largest absolute Gasteiger partial charge is 0.353 e. The van der Waals surface area contributed by atoms with E-state index in [0.717, 1.165) is 11.0 Å². The summed E-state index contributed by atoms with van der Waals surface area (Å²) in [6, 6.07) is 19.0. The first-order valence-electron chi connectivity index (χ1n) is 12.8. The molecular formula is C30H27N3O4. The Morgan fingerprint density at radius 1 is 0.838 bits per heavy atom. The molecule has 7 nitrogen and oxygen atoms in total. The normalized spacial score (nSPS) is 33.5. The lowest BCUT2D eigenvalue weighted by atomic mass is 9.44. The van der Waals surface area contributed by atoms with Crippen LogP contribution in [-0.4, -0.2) is 25.5 Å². The highest BCUT2D eigenvalue weighted by Crippen LogP contribution is 2.66. The van der Waals surface area contributed by atoms with Gasteiger partial charge in [0.15, 0.2) is 17.1 Å². The Labute approximate surface area is 213 Å². The van der Waals surface area contributed by atoms with Crippen LogP contribution in [0.2, 0.25) is 0 Å². The predicted molar refractivity (Wildman–Crippen MR) is 138 cm³/mol. The molecule has 1 aromatic heterocycles. The lowest BCUT2D eigenvalue weighted by Gasteiger charge is -2.65. The second-order valence-corrected chi connectivity index (χ2v) is 11.1. The molecule has 2 spiro atoms. The maximum Gasteiger partial charge on any atom is 0.353 e. The molecule has 8 rings (SSSR count). The summed E-state index contributed by atoms with van der Waals surface area (Å²) in [6.07, 6.45) is 7.08. The summed E-state index contributed by atoms with van der Waals surface area (Å²) in [7, 11) is 0. The van der Waals surface area contributed by atoms with E-state index in [4.69, 9.17) is 0 Å². The van der Waals surface area contributed by atoms with E-state index < -0.39 is 27.9 Å². The van der Waals surface area contributed by atoms with Crippen LogP contribution < -0.4 is 11.4 Å². The topological polar surface area (TPSA) is 83.1 Å². The van der Waals surface area contributed by atoms with Gasteiger partial charge in [-0.25, -0.2) is 23.5 Å². The number of ketones is 2. The van der Waals surface area contributed by atoms with Gasteiger partial charge in [0, 0.05) is 5.92 Å². The van der Waals surface area contributed by atoms with Crippen LogP contribution in [0.3, 0.4) is 0 Å². The average molecular weight is 494 g/mol. The molecule has 0 unspecified atom stereocenters. The first kappa shape index (κ1) is 22.2. The lowest BCUT2D eigenvalue weighted by Crippen LogP contribution is -2.77. The van der Waals surface area contributed by atoms with Crippen molar-refractivity contribution in [3.63, 3.8) is 0 Å². The van der Waals surface area contributed by atoms with Gasteiger partial charge in [-0.2, -0.15) is 0 Å². The highest BCUT2D eigenvalue weighted by atomic mass is 16.2. The third-order valence-electron chi connectivity index (χ3n) is 9.63. The zero-order valence-electron chi connectivity index (χ0n) is 20.8. The summed E-state index contributed by atoms with van der Waals surface area (Å²) in [5, 5.41) is 0. The van der Waals surface area contributed by atoms with E-state index >= 15 is 0 Å². The van der Waals surface area contributed by atoms with Crippen LogP contribution >= 0.6 is 0 Å². The van der Waals surface area contributed by atoms with Crippen molar-refractivity contribution in [1.29, 1.82) is 0 Å². The average Bonchev–Trinajstić information content (AvgIpc) is 3.20. The molecule has 0 saturated heterocycles. The fourth-order valence-corrected chi connectivity index (χ4v) is 7.94. The molecule has 1 fully saturated rings. The van der Waals surface area contributed by atoms with Gasteiger partial charge in [0.25, 0.3) is 0 Å². The smallest absolute Gasteiger partial charge is 0.294 e. The number of hydrogen-bond acceptors (Lipinski definition) is 4. The minimum absolute atomic E-state index is 0.127. The quantitative estimate of drug-likeness (QED) is 0.512. The van der Waals surface area contributed by atoms with Crippen molar-refractivity contribution < 1.29 is 9.59 Å². The van der Waals surface area contributed by atoms with Gasteiger partial charge in [-0.05, 0) is 74.4 Å². The minimum atomic E-state index is -1.59. The van der Waals surface area contributed by atoms with Crippen molar-refractivity contribution in [3.05, 3.63) is 111 Å². The summed E-state index contributed by atoms with van der Waals surface area (Å²) in [4.78, 5) is 56.3. The van der Waals surface area contributed by atoms with Gasteiger partial charge in [-0.3, -0.25) is 9.59 Å². The van der Waals surface area contributed by atoms with Crippen LogP contribution in [0.15, 0.2) is 94.1 Å². The van der Waals surface area contributed by atoms with Crippen LogP contribution in [0.25, 0.3) is 5.69 Å². The SMILES string of the molecule is CC1=CC(=O)[C@]23C=C[C@@]4(CC[C@@H](c5ccccc5)C[C@H]4[C@@]2(C)C1=O)n1c(=O)n(-c2ccccc2)c(=O)n13. The summed E-state index contributed by atoms with van der Waals surface area (Å²) >= 11 is 0. The Morgan fingerprint density at radius 3 is 2.19 bits per heavy atom. The number of hydrogen-bond donors (Lipinski definition) is 0. The number of para-hydroxylation sites is 1. The number of rotatable bonds is 2. The molecular weight excluding hydrogens is 466 g/mol. The van der Waals surface area contributed by atoms with Gasteiger partial charge in [-0.15, -0.1) is 0 Å². The molecule has 1 saturated carbocycles. The Hall–Kier alpha value is -4.00. The number of Topliss-reactive ketones (excluding diaryl/α,β-unsaturated/α-hetero) is 1. The standard InChI is InChI=1S/C30H27N3O4/c1-19-17-24(34)30-16-15-29(32-26(36)31(27(37)33(30)32)22-11-7-4-8-12-22)14-13-21(20-9-5-3-6-10-20)18-23(29)28(30,2)25(19)35/h3-12,15-17,21,23H,13-14,18H2,1-2H3/t21-,23+,28+,29-,30-/m1/s1. The Bertz CT molecular complexity index is 1670. The molecule has 2 aliphatic heterocycles. The number of allylic oxidation sites excluding steroid dienone is 4. The zero-order chi connectivity index (χ0) is 25.7. The van der Waals surface area contributed by atoms with Crippen LogP contribution in [0.1, 0.15) is 44.6 Å². The number of benzene rings is 2. The van der Waals surface area contributed by atoms with Gasteiger partial charge < -0.3 is 0 Å². The second kappa shape index (κ2) is 7.06. The van der Waals surface area contributed by atoms with Gasteiger partial charge in [0.05, 0.1) is 16.6 Å². The van der Waals surface area contributed by atoms with Gasteiger partial charge in [0.1, 0.15) is 0 Å². The number of carbonyl (C=O) groups excluding carboxylic acids is 2. The molecule has 2 aromatic carbocycles. The Balaban J connectivity index is 1.56. The van der Waals surface area contributed by atoms with Gasteiger partial charge >= 0.3 is 11.4 Å². The van der Waals surface area contributed by atoms with Crippen LogP contribution in [0.4, 0.5) is 0 Å². The van der Waals surface area contributed by atoms with Gasteiger partial charge in [0.2, 0.25) is 0 Å². The molecule has 3 aromatic rings. The fraction of sp³-hybridized carbons (Fsp3) is 0.333. The maximum atomic E-state index is 14.1. The van der Waals surface area contributed by atoms with Gasteiger partial charge in [-0.1, -0.05) is 54.6 Å². The molecule has 3 aliphatic carbocycles. The summed E-state index contributed by atoms with van der Waals surface area (Å²) in [5.41, 5.74) is -2.72. The predicted octanol–water partition coefficient (Wildman–Crippen LogP) is 3.46. The number of aromatic nitrogens is 3. The highest BCUT2D eigenvalue weighted by molar-refractivity contribution is 6.16. The third kappa shape index (κ3) is 2.38. The van der Waals surface area contributed by atoms with Crippen molar-refractivity contribution in [1.82, 2.24) is 13.9 Å². The molecule has 0 amide bonds. The molecule has 5 aliphatic rings. The third-order valence-corrected chi connectivity index (χ3v) is 9.63. The first-order chi connectivity index (χ1) is 17.8. The van der Waals surface area contributed by atoms with Crippen molar-refractivity contribution in [2.24, 2.45) is 11.3 Å². The summed E-state index contributed by atoms with van der Waals surface area (Å²) in [6.45, 7) is 3.53. The number of carbonyl (C=O) groups is 2.